The van der Waals surface area contributed by atoms with Gasteiger partial charge in [-0.25, -0.2) is 4.39 Å². The van der Waals surface area contributed by atoms with Gasteiger partial charge >= 0.3 is 0 Å². The summed E-state index contributed by atoms with van der Waals surface area (Å²) in [5, 5.41) is 9.81. The molecular weight excluding hydrogens is 371 g/mol. The van der Waals surface area contributed by atoms with E-state index in [2.05, 4.69) is 6.07 Å². The fourth-order valence-corrected chi connectivity index (χ4v) is 4.13. The van der Waals surface area contributed by atoms with E-state index < -0.39 is 5.92 Å². The van der Waals surface area contributed by atoms with Crippen molar-refractivity contribution in [2.75, 3.05) is 14.2 Å². The molecule has 2 N–H and O–H groups in total. The van der Waals surface area contributed by atoms with Crippen molar-refractivity contribution in [2.24, 2.45) is 5.73 Å². The molecule has 0 aromatic heterocycles. The van der Waals surface area contributed by atoms with Gasteiger partial charge in [0.05, 0.1) is 14.2 Å². The van der Waals surface area contributed by atoms with Crippen LogP contribution in [-0.2, 0) is 11.2 Å². The monoisotopic (exact) mass is 392 g/mol. The average molecular weight is 392 g/mol. The Bertz CT molecular complexity index is 1080. The fourth-order valence-electron chi connectivity index (χ4n) is 4.13. The second-order valence-electron chi connectivity index (χ2n) is 7.05. The molecule has 148 valence electrons. The van der Waals surface area contributed by atoms with E-state index in [1.807, 2.05) is 12.1 Å². The van der Waals surface area contributed by atoms with Gasteiger partial charge in [0.2, 0.25) is 5.88 Å². The van der Waals surface area contributed by atoms with Gasteiger partial charge in [-0.1, -0.05) is 12.1 Å². The summed E-state index contributed by atoms with van der Waals surface area (Å²) in [5.41, 5.74) is 9.97. The first-order valence-electron chi connectivity index (χ1n) is 9.38. The molecule has 4 rings (SSSR count). The smallest absolute Gasteiger partial charge is 0.205 e. The zero-order chi connectivity index (χ0) is 20.5. The van der Waals surface area contributed by atoms with Crippen molar-refractivity contribution in [1.29, 1.82) is 5.26 Å². The van der Waals surface area contributed by atoms with Crippen LogP contribution < -0.4 is 15.2 Å². The zero-order valence-corrected chi connectivity index (χ0v) is 16.3. The molecule has 1 atom stereocenters. The van der Waals surface area contributed by atoms with E-state index in [-0.39, 0.29) is 11.7 Å². The molecule has 0 amide bonds. The van der Waals surface area contributed by atoms with Crippen molar-refractivity contribution in [2.45, 2.75) is 25.2 Å². The minimum Gasteiger partial charge on any atom is -0.493 e. The Kier molecular flexibility index (Phi) is 4.89. The number of methoxy groups -OCH3 is 2. The molecule has 2 aromatic carbocycles. The van der Waals surface area contributed by atoms with Gasteiger partial charge in [-0.2, -0.15) is 5.26 Å². The molecule has 29 heavy (non-hydrogen) atoms. The first-order valence-corrected chi connectivity index (χ1v) is 9.38. The Morgan fingerprint density at radius 1 is 1.10 bits per heavy atom. The summed E-state index contributed by atoms with van der Waals surface area (Å²) in [6.45, 7) is 0. The largest absolute Gasteiger partial charge is 0.493 e. The lowest BCUT2D eigenvalue weighted by Crippen LogP contribution is -2.20. The Labute approximate surface area is 168 Å². The minimum absolute atomic E-state index is 0.0446. The molecule has 1 unspecified atom stereocenters. The number of benzene rings is 2. The quantitative estimate of drug-likeness (QED) is 0.838. The summed E-state index contributed by atoms with van der Waals surface area (Å²) in [6.07, 6.45) is 2.37. The van der Waals surface area contributed by atoms with E-state index in [0.717, 1.165) is 29.5 Å². The third-order valence-electron chi connectivity index (χ3n) is 5.48. The number of allylic oxidation sites excluding steroid dienone is 2. The third kappa shape index (κ3) is 3.19. The van der Waals surface area contributed by atoms with E-state index >= 15 is 0 Å². The molecule has 1 heterocycles. The molecule has 2 aromatic rings. The van der Waals surface area contributed by atoms with Crippen LogP contribution in [0.2, 0.25) is 0 Å². The van der Waals surface area contributed by atoms with Crippen molar-refractivity contribution in [3.05, 3.63) is 75.9 Å². The van der Waals surface area contributed by atoms with Crippen molar-refractivity contribution in [3.63, 3.8) is 0 Å². The predicted molar refractivity (Wildman–Crippen MR) is 106 cm³/mol. The van der Waals surface area contributed by atoms with E-state index in [0.29, 0.717) is 34.8 Å². The average Bonchev–Trinajstić information content (AvgIpc) is 2.91. The van der Waals surface area contributed by atoms with E-state index in [4.69, 9.17) is 19.9 Å². The van der Waals surface area contributed by atoms with Crippen LogP contribution in [0.3, 0.4) is 0 Å². The maximum absolute atomic E-state index is 14.0. The number of hydrogen-bond donors (Lipinski definition) is 1. The highest BCUT2D eigenvalue weighted by atomic mass is 19.1. The van der Waals surface area contributed by atoms with Gasteiger partial charge in [-0.3, -0.25) is 0 Å². The fraction of sp³-hybridized carbons (Fsp3) is 0.261. The molecule has 0 saturated carbocycles. The highest BCUT2D eigenvalue weighted by Crippen LogP contribution is 2.47. The van der Waals surface area contributed by atoms with Gasteiger partial charge in [0.15, 0.2) is 11.5 Å². The molecule has 2 aliphatic rings. The maximum atomic E-state index is 14.0. The van der Waals surface area contributed by atoms with Gasteiger partial charge in [-0.15, -0.1) is 0 Å². The van der Waals surface area contributed by atoms with Crippen LogP contribution in [0.25, 0.3) is 5.76 Å². The molecule has 0 spiro atoms. The Morgan fingerprint density at radius 3 is 2.62 bits per heavy atom. The zero-order valence-electron chi connectivity index (χ0n) is 16.3. The van der Waals surface area contributed by atoms with Gasteiger partial charge in [-0.05, 0) is 60.2 Å². The number of fused-ring (bicyclic) bond motifs is 2. The number of rotatable bonds is 3. The molecule has 0 fully saturated rings. The lowest BCUT2D eigenvalue weighted by molar-refractivity contribution is 0.350. The minimum atomic E-state index is -0.391. The first-order chi connectivity index (χ1) is 14.1. The lowest BCUT2D eigenvalue weighted by atomic mass is 9.80. The number of hydrogen-bond acceptors (Lipinski definition) is 5. The highest BCUT2D eigenvalue weighted by Gasteiger charge is 2.35. The second kappa shape index (κ2) is 7.51. The standard InChI is InChI=1S/C23H21FN2O3/c1-27-19-9-7-14(10-20(19)28-2)21-16-5-3-4-13-6-8-15(24)11-17(13)22(16)29-23(26)18(21)12-25/h6-11,21H,3-5,26H2,1-2H3. The van der Waals surface area contributed by atoms with Crippen molar-refractivity contribution in [3.8, 4) is 17.6 Å². The van der Waals surface area contributed by atoms with E-state index in [1.54, 1.807) is 26.4 Å². The topological polar surface area (TPSA) is 77.5 Å². The summed E-state index contributed by atoms with van der Waals surface area (Å²) in [6, 6.07) is 12.5. The number of nitrogens with two attached hydrogens (primary N) is 1. The predicted octanol–water partition coefficient (Wildman–Crippen LogP) is 4.40. The first kappa shape index (κ1) is 18.9. The Morgan fingerprint density at radius 2 is 1.90 bits per heavy atom. The molecule has 0 saturated heterocycles. The van der Waals surface area contributed by atoms with Crippen LogP contribution in [0, 0.1) is 17.1 Å². The molecule has 0 bridgehead atoms. The molecule has 1 aliphatic carbocycles. The van der Waals surface area contributed by atoms with E-state index in [9.17, 15) is 9.65 Å². The summed E-state index contributed by atoms with van der Waals surface area (Å²) >= 11 is 0. The van der Waals surface area contributed by atoms with Gasteiger partial charge in [0, 0.05) is 11.5 Å². The van der Waals surface area contributed by atoms with Crippen LogP contribution in [0.1, 0.15) is 35.4 Å². The lowest BCUT2D eigenvalue weighted by Gasteiger charge is -2.29. The van der Waals surface area contributed by atoms with Gasteiger partial charge in [0.25, 0.3) is 0 Å². The molecule has 0 radical (unpaired) electrons. The molecule has 5 nitrogen and oxygen atoms in total. The number of aryl methyl sites for hydroxylation is 1. The Balaban J connectivity index is 1.93. The number of nitriles is 1. The highest BCUT2D eigenvalue weighted by molar-refractivity contribution is 5.73. The normalized spacial score (nSPS) is 18.2. The number of nitrogens with zero attached hydrogens (tertiary/aromatic N) is 1. The van der Waals surface area contributed by atoms with Crippen LogP contribution in [0.4, 0.5) is 4.39 Å². The van der Waals surface area contributed by atoms with Crippen LogP contribution in [0.15, 0.2) is 53.4 Å². The van der Waals surface area contributed by atoms with Crippen molar-refractivity contribution < 1.29 is 18.6 Å². The summed E-state index contributed by atoms with van der Waals surface area (Å²) in [5.74, 6) is 1.03. The van der Waals surface area contributed by atoms with Crippen LogP contribution >= 0.6 is 0 Å². The van der Waals surface area contributed by atoms with Crippen molar-refractivity contribution >= 4 is 5.76 Å². The second-order valence-corrected chi connectivity index (χ2v) is 7.05. The van der Waals surface area contributed by atoms with Crippen LogP contribution in [-0.4, -0.2) is 14.2 Å². The van der Waals surface area contributed by atoms with Crippen molar-refractivity contribution in [1.82, 2.24) is 0 Å². The maximum Gasteiger partial charge on any atom is 0.205 e. The number of halogens is 1. The number of ether oxygens (including phenoxy) is 3. The summed E-state index contributed by atoms with van der Waals surface area (Å²) in [7, 11) is 3.14. The molecular formula is C23H21FN2O3. The van der Waals surface area contributed by atoms with Crippen LogP contribution in [0.5, 0.6) is 11.5 Å². The third-order valence-corrected chi connectivity index (χ3v) is 5.48. The summed E-state index contributed by atoms with van der Waals surface area (Å²) in [4.78, 5) is 0. The molecule has 1 aliphatic heterocycles. The Hall–Kier alpha value is -3.46. The van der Waals surface area contributed by atoms with Gasteiger partial charge < -0.3 is 19.9 Å². The molecule has 6 heteroatoms. The SMILES string of the molecule is COc1ccc(C2C(C#N)=C(N)OC3=C2CCCc2ccc(F)cc23)cc1OC. The summed E-state index contributed by atoms with van der Waals surface area (Å²) < 4.78 is 30.7. The van der Waals surface area contributed by atoms with E-state index in [1.165, 1.54) is 12.1 Å². The van der Waals surface area contributed by atoms with Gasteiger partial charge in [0.1, 0.15) is 23.2 Å².